The standard InChI is InChI=1S/C20H20ClF3N2/c1-12-5-4-7-14-15(6-2-3-10-25)19(26-18(12)14)16-11-13(20(22,23)24)8-9-17(16)21/h4-5,7-9,11,26H,2-3,6,10,25H2,1H3. The van der Waals surface area contributed by atoms with Crippen LogP contribution in [0.15, 0.2) is 36.4 Å². The number of hydrogen-bond acceptors (Lipinski definition) is 1. The van der Waals surface area contributed by atoms with Crippen molar-refractivity contribution < 1.29 is 13.2 Å². The van der Waals surface area contributed by atoms with Crippen molar-refractivity contribution in [1.82, 2.24) is 4.98 Å². The number of rotatable bonds is 5. The lowest BCUT2D eigenvalue weighted by Gasteiger charge is -2.11. The quantitative estimate of drug-likeness (QED) is 0.516. The molecule has 3 N–H and O–H groups in total. The van der Waals surface area contributed by atoms with Crippen molar-refractivity contribution in [2.45, 2.75) is 32.4 Å². The lowest BCUT2D eigenvalue weighted by atomic mass is 9.98. The van der Waals surface area contributed by atoms with E-state index in [1.807, 2.05) is 25.1 Å². The molecular weight excluding hydrogens is 361 g/mol. The Bertz CT molecular complexity index is 929. The van der Waals surface area contributed by atoms with Gasteiger partial charge < -0.3 is 10.7 Å². The maximum atomic E-state index is 13.2. The van der Waals surface area contributed by atoms with Crippen molar-refractivity contribution in [2.24, 2.45) is 5.73 Å². The van der Waals surface area contributed by atoms with Crippen molar-refractivity contribution in [3.63, 3.8) is 0 Å². The SMILES string of the molecule is Cc1cccc2c(CCCCN)c(-c3cc(C(F)(F)F)ccc3Cl)[nH]c12. The lowest BCUT2D eigenvalue weighted by Crippen LogP contribution is -2.05. The van der Waals surface area contributed by atoms with E-state index >= 15 is 0 Å². The van der Waals surface area contributed by atoms with Crippen LogP contribution in [-0.2, 0) is 12.6 Å². The van der Waals surface area contributed by atoms with E-state index in [0.717, 1.165) is 53.4 Å². The number of alkyl halides is 3. The molecule has 0 bridgehead atoms. The minimum Gasteiger partial charge on any atom is -0.354 e. The number of aromatic amines is 1. The molecule has 0 amide bonds. The Morgan fingerprint density at radius 1 is 1.12 bits per heavy atom. The molecule has 0 aliphatic carbocycles. The van der Waals surface area contributed by atoms with Crippen molar-refractivity contribution in [3.05, 3.63) is 58.1 Å². The number of H-pyrrole nitrogens is 1. The second-order valence-electron chi connectivity index (χ2n) is 6.41. The molecule has 0 aliphatic rings. The molecule has 3 rings (SSSR count). The normalized spacial score (nSPS) is 12.1. The van der Waals surface area contributed by atoms with E-state index in [9.17, 15) is 13.2 Å². The van der Waals surface area contributed by atoms with Gasteiger partial charge in [0.1, 0.15) is 0 Å². The van der Waals surface area contributed by atoms with Crippen LogP contribution in [0.25, 0.3) is 22.2 Å². The van der Waals surface area contributed by atoms with Crippen LogP contribution in [0.5, 0.6) is 0 Å². The molecule has 3 aromatic rings. The summed E-state index contributed by atoms with van der Waals surface area (Å²) in [6.45, 7) is 2.56. The number of hydrogen-bond donors (Lipinski definition) is 2. The van der Waals surface area contributed by atoms with Gasteiger partial charge in [-0.15, -0.1) is 0 Å². The van der Waals surface area contributed by atoms with Gasteiger partial charge in [0, 0.05) is 21.5 Å². The maximum Gasteiger partial charge on any atom is 0.416 e. The van der Waals surface area contributed by atoms with Crippen LogP contribution in [0.1, 0.15) is 29.5 Å². The summed E-state index contributed by atoms with van der Waals surface area (Å²) < 4.78 is 39.5. The van der Waals surface area contributed by atoms with Gasteiger partial charge in [-0.2, -0.15) is 13.2 Å². The van der Waals surface area contributed by atoms with E-state index in [0.29, 0.717) is 22.8 Å². The van der Waals surface area contributed by atoms with Gasteiger partial charge in [-0.05, 0) is 62.1 Å². The van der Waals surface area contributed by atoms with E-state index < -0.39 is 11.7 Å². The third-order valence-corrected chi connectivity index (χ3v) is 4.92. The number of aromatic nitrogens is 1. The fourth-order valence-corrected chi connectivity index (χ4v) is 3.46. The van der Waals surface area contributed by atoms with Gasteiger partial charge in [0.2, 0.25) is 0 Å². The molecule has 138 valence electrons. The van der Waals surface area contributed by atoms with Gasteiger partial charge in [0.15, 0.2) is 0 Å². The fraction of sp³-hybridized carbons (Fsp3) is 0.300. The first-order chi connectivity index (χ1) is 12.3. The Hall–Kier alpha value is -1.98. The van der Waals surface area contributed by atoms with Crippen molar-refractivity contribution in [3.8, 4) is 11.3 Å². The second-order valence-corrected chi connectivity index (χ2v) is 6.82. The Balaban J connectivity index is 2.21. The first-order valence-electron chi connectivity index (χ1n) is 8.50. The maximum absolute atomic E-state index is 13.2. The third kappa shape index (κ3) is 3.60. The summed E-state index contributed by atoms with van der Waals surface area (Å²) >= 11 is 6.27. The van der Waals surface area contributed by atoms with E-state index in [1.54, 1.807) is 0 Å². The molecule has 0 unspecified atom stereocenters. The molecular formula is C20H20ClF3N2. The van der Waals surface area contributed by atoms with Gasteiger partial charge >= 0.3 is 6.18 Å². The minimum atomic E-state index is -4.42. The van der Waals surface area contributed by atoms with Crippen LogP contribution in [-0.4, -0.2) is 11.5 Å². The van der Waals surface area contributed by atoms with Crippen LogP contribution in [0.4, 0.5) is 13.2 Å². The highest BCUT2D eigenvalue weighted by Crippen LogP contribution is 2.39. The smallest absolute Gasteiger partial charge is 0.354 e. The van der Waals surface area contributed by atoms with E-state index in [4.69, 9.17) is 17.3 Å². The largest absolute Gasteiger partial charge is 0.416 e. The Labute approximate surface area is 155 Å². The Morgan fingerprint density at radius 2 is 1.88 bits per heavy atom. The highest BCUT2D eigenvalue weighted by atomic mass is 35.5. The van der Waals surface area contributed by atoms with Crippen molar-refractivity contribution in [2.75, 3.05) is 6.54 Å². The first kappa shape index (κ1) is 18.8. The molecule has 0 saturated carbocycles. The number of benzene rings is 2. The van der Waals surface area contributed by atoms with Crippen LogP contribution < -0.4 is 5.73 Å². The molecule has 26 heavy (non-hydrogen) atoms. The van der Waals surface area contributed by atoms with Gasteiger partial charge in [-0.25, -0.2) is 0 Å². The van der Waals surface area contributed by atoms with E-state index in [-0.39, 0.29) is 0 Å². The molecule has 0 radical (unpaired) electrons. The summed E-state index contributed by atoms with van der Waals surface area (Å²) in [5.41, 5.74) is 8.87. The summed E-state index contributed by atoms with van der Waals surface area (Å²) in [5.74, 6) is 0. The predicted octanol–water partition coefficient (Wildman–Crippen LogP) is 6.10. The number of nitrogens with one attached hydrogen (secondary N) is 1. The fourth-order valence-electron chi connectivity index (χ4n) is 3.25. The topological polar surface area (TPSA) is 41.8 Å². The number of fused-ring (bicyclic) bond motifs is 1. The van der Waals surface area contributed by atoms with Crippen LogP contribution in [0.2, 0.25) is 5.02 Å². The van der Waals surface area contributed by atoms with Gasteiger partial charge in [-0.3, -0.25) is 0 Å². The van der Waals surface area contributed by atoms with Crippen molar-refractivity contribution >= 4 is 22.5 Å². The molecule has 0 aliphatic heterocycles. The first-order valence-corrected chi connectivity index (χ1v) is 8.88. The summed E-state index contributed by atoms with van der Waals surface area (Å²) in [6, 6.07) is 9.35. The summed E-state index contributed by atoms with van der Waals surface area (Å²) in [5, 5.41) is 1.31. The molecule has 0 spiro atoms. The van der Waals surface area contributed by atoms with Gasteiger partial charge in [0.25, 0.3) is 0 Å². The monoisotopic (exact) mass is 380 g/mol. The zero-order chi connectivity index (χ0) is 18.9. The van der Waals surface area contributed by atoms with E-state index in [1.165, 1.54) is 6.07 Å². The lowest BCUT2D eigenvalue weighted by molar-refractivity contribution is -0.137. The highest BCUT2D eigenvalue weighted by Gasteiger charge is 2.31. The third-order valence-electron chi connectivity index (χ3n) is 4.59. The number of unbranched alkanes of at least 4 members (excludes halogenated alkanes) is 1. The van der Waals surface area contributed by atoms with Crippen molar-refractivity contribution in [1.29, 1.82) is 0 Å². The average Bonchev–Trinajstić information content (AvgIpc) is 2.94. The minimum absolute atomic E-state index is 0.294. The molecule has 2 nitrogen and oxygen atoms in total. The predicted molar refractivity (Wildman–Crippen MR) is 100 cm³/mol. The molecule has 0 saturated heterocycles. The molecule has 0 fully saturated rings. The number of aryl methyl sites for hydroxylation is 2. The summed E-state index contributed by atoms with van der Waals surface area (Å²) in [6.07, 6.45) is -1.97. The Kier molecular flexibility index (Phi) is 5.30. The second kappa shape index (κ2) is 7.33. The number of nitrogens with two attached hydrogens (primary N) is 1. The zero-order valence-electron chi connectivity index (χ0n) is 14.4. The van der Waals surface area contributed by atoms with Gasteiger partial charge in [0.05, 0.1) is 11.3 Å². The summed E-state index contributed by atoms with van der Waals surface area (Å²) in [7, 11) is 0. The molecule has 2 aromatic carbocycles. The summed E-state index contributed by atoms with van der Waals surface area (Å²) in [4.78, 5) is 3.31. The molecule has 0 atom stereocenters. The van der Waals surface area contributed by atoms with E-state index in [2.05, 4.69) is 4.98 Å². The van der Waals surface area contributed by atoms with Gasteiger partial charge in [-0.1, -0.05) is 29.8 Å². The highest BCUT2D eigenvalue weighted by molar-refractivity contribution is 6.33. The Morgan fingerprint density at radius 3 is 2.58 bits per heavy atom. The molecule has 1 aromatic heterocycles. The average molecular weight is 381 g/mol. The van der Waals surface area contributed by atoms with Crippen LogP contribution in [0.3, 0.4) is 0 Å². The zero-order valence-corrected chi connectivity index (χ0v) is 15.1. The molecule has 6 heteroatoms. The van der Waals surface area contributed by atoms with Crippen LogP contribution in [0, 0.1) is 6.92 Å². The number of para-hydroxylation sites is 1. The van der Waals surface area contributed by atoms with Crippen LogP contribution >= 0.6 is 11.6 Å². The number of halogens is 4. The molecule has 1 heterocycles.